The van der Waals surface area contributed by atoms with E-state index in [0.717, 1.165) is 70.9 Å². The molecule has 0 radical (unpaired) electrons. The van der Waals surface area contributed by atoms with Crippen molar-refractivity contribution in [3.63, 3.8) is 0 Å². The normalized spacial score (nSPS) is 20.0. The fourth-order valence-electron chi connectivity index (χ4n) is 3.65. The Morgan fingerprint density at radius 3 is 2.78 bits per heavy atom. The molecule has 2 aliphatic heterocycles. The topological polar surface area (TPSA) is 78.2 Å². The van der Waals surface area contributed by atoms with Gasteiger partial charge in [-0.2, -0.15) is 0 Å². The predicted octanol–water partition coefficient (Wildman–Crippen LogP) is 1.68. The van der Waals surface area contributed by atoms with Gasteiger partial charge in [-0.15, -0.1) is 5.10 Å². The molecule has 2 saturated heterocycles. The Morgan fingerprint density at radius 2 is 2.00 bits per heavy atom. The first-order valence-corrected chi connectivity index (χ1v) is 9.60. The summed E-state index contributed by atoms with van der Waals surface area (Å²) >= 11 is 0. The van der Waals surface area contributed by atoms with Gasteiger partial charge in [0.15, 0.2) is 11.6 Å². The zero-order valence-electron chi connectivity index (χ0n) is 15.3. The molecule has 0 aromatic carbocycles. The summed E-state index contributed by atoms with van der Waals surface area (Å²) in [4.78, 5) is 6.29. The fourth-order valence-corrected chi connectivity index (χ4v) is 3.65. The summed E-state index contributed by atoms with van der Waals surface area (Å²) in [6.45, 7) is 4.95. The Hall–Kier alpha value is -2.13. The number of halogens is 1. The molecular formula is C18H25FN6O2. The van der Waals surface area contributed by atoms with Gasteiger partial charge in [-0.3, -0.25) is 4.90 Å². The molecular weight excluding hydrogens is 351 g/mol. The lowest BCUT2D eigenvalue weighted by atomic mass is 10.0. The molecule has 2 fully saturated rings. The van der Waals surface area contributed by atoms with E-state index in [1.807, 2.05) is 4.68 Å². The molecule has 0 saturated carbocycles. The molecule has 2 aromatic rings. The Labute approximate surface area is 157 Å². The molecule has 146 valence electrons. The molecule has 2 aliphatic rings. The van der Waals surface area contributed by atoms with Gasteiger partial charge in [0.25, 0.3) is 5.88 Å². The second kappa shape index (κ2) is 8.71. The summed E-state index contributed by atoms with van der Waals surface area (Å²) < 4.78 is 26.8. The number of ether oxygens (including phenoxy) is 2. The van der Waals surface area contributed by atoms with Crippen LogP contribution in [0.4, 0.5) is 4.39 Å². The van der Waals surface area contributed by atoms with Gasteiger partial charge in [0.1, 0.15) is 6.10 Å². The standard InChI is InChI=1S/C18H25FN6O2/c19-16-2-1-7-20-18(16)27-15-3-8-24(9-4-15)13-17-21-22-23-25(17)12-14-5-10-26-11-6-14/h1-2,7,14-15H,3-6,8-13H2. The molecule has 0 amide bonds. The van der Waals surface area contributed by atoms with Crippen molar-refractivity contribution in [2.75, 3.05) is 26.3 Å². The van der Waals surface area contributed by atoms with E-state index >= 15 is 0 Å². The van der Waals surface area contributed by atoms with E-state index in [-0.39, 0.29) is 12.0 Å². The van der Waals surface area contributed by atoms with E-state index in [2.05, 4.69) is 25.4 Å². The maximum Gasteiger partial charge on any atom is 0.250 e. The van der Waals surface area contributed by atoms with Crippen LogP contribution >= 0.6 is 0 Å². The number of rotatable bonds is 6. The third-order valence-electron chi connectivity index (χ3n) is 5.28. The van der Waals surface area contributed by atoms with Crippen LogP contribution < -0.4 is 4.74 Å². The van der Waals surface area contributed by atoms with Crippen molar-refractivity contribution in [2.45, 2.75) is 44.9 Å². The van der Waals surface area contributed by atoms with Crippen LogP contribution in [0.25, 0.3) is 0 Å². The summed E-state index contributed by atoms with van der Waals surface area (Å²) in [7, 11) is 0. The third-order valence-corrected chi connectivity index (χ3v) is 5.28. The first-order valence-electron chi connectivity index (χ1n) is 9.60. The Bertz CT molecular complexity index is 728. The highest BCUT2D eigenvalue weighted by atomic mass is 19.1. The van der Waals surface area contributed by atoms with Crippen LogP contribution in [-0.2, 0) is 17.8 Å². The van der Waals surface area contributed by atoms with Crippen LogP contribution in [0.3, 0.4) is 0 Å². The molecule has 0 aliphatic carbocycles. The number of piperidine rings is 1. The minimum Gasteiger partial charge on any atom is -0.472 e. The van der Waals surface area contributed by atoms with Crippen LogP contribution in [-0.4, -0.2) is 62.5 Å². The average molecular weight is 376 g/mol. The highest BCUT2D eigenvalue weighted by Crippen LogP contribution is 2.21. The van der Waals surface area contributed by atoms with E-state index in [4.69, 9.17) is 9.47 Å². The van der Waals surface area contributed by atoms with E-state index < -0.39 is 5.82 Å². The van der Waals surface area contributed by atoms with Crippen molar-refractivity contribution in [3.8, 4) is 5.88 Å². The molecule has 2 aromatic heterocycles. The van der Waals surface area contributed by atoms with Crippen LogP contribution in [0.5, 0.6) is 5.88 Å². The van der Waals surface area contributed by atoms with Crippen LogP contribution in [0.2, 0.25) is 0 Å². The maximum absolute atomic E-state index is 13.7. The molecule has 0 bridgehead atoms. The highest BCUT2D eigenvalue weighted by Gasteiger charge is 2.24. The number of tetrazole rings is 1. The molecule has 8 nitrogen and oxygen atoms in total. The number of likely N-dealkylation sites (tertiary alicyclic amines) is 1. The zero-order chi connectivity index (χ0) is 18.5. The minimum atomic E-state index is -0.410. The Morgan fingerprint density at radius 1 is 1.19 bits per heavy atom. The second-order valence-corrected chi connectivity index (χ2v) is 7.22. The Kier molecular flexibility index (Phi) is 5.88. The van der Waals surface area contributed by atoms with Gasteiger partial charge in [-0.25, -0.2) is 14.1 Å². The van der Waals surface area contributed by atoms with Crippen LogP contribution in [0.15, 0.2) is 18.3 Å². The van der Waals surface area contributed by atoms with Crippen molar-refractivity contribution >= 4 is 0 Å². The van der Waals surface area contributed by atoms with E-state index in [1.165, 1.54) is 6.07 Å². The van der Waals surface area contributed by atoms with Crippen molar-refractivity contribution in [1.82, 2.24) is 30.1 Å². The van der Waals surface area contributed by atoms with Gasteiger partial charge in [0.05, 0.1) is 6.54 Å². The number of hydrogen-bond acceptors (Lipinski definition) is 7. The van der Waals surface area contributed by atoms with Gasteiger partial charge in [0.2, 0.25) is 0 Å². The molecule has 0 unspecified atom stereocenters. The average Bonchev–Trinajstić information content (AvgIpc) is 3.12. The lowest BCUT2D eigenvalue weighted by molar-refractivity contribution is 0.0587. The molecule has 4 rings (SSSR count). The summed E-state index contributed by atoms with van der Waals surface area (Å²) in [5, 5.41) is 12.2. The van der Waals surface area contributed by atoms with E-state index in [1.54, 1.807) is 12.3 Å². The smallest absolute Gasteiger partial charge is 0.250 e. The molecule has 27 heavy (non-hydrogen) atoms. The minimum absolute atomic E-state index is 0.0103. The van der Waals surface area contributed by atoms with Crippen LogP contribution in [0, 0.1) is 11.7 Å². The summed E-state index contributed by atoms with van der Waals surface area (Å²) in [5.41, 5.74) is 0. The van der Waals surface area contributed by atoms with Gasteiger partial charge in [-0.1, -0.05) is 0 Å². The van der Waals surface area contributed by atoms with Crippen molar-refractivity contribution < 1.29 is 13.9 Å². The highest BCUT2D eigenvalue weighted by molar-refractivity contribution is 5.13. The summed E-state index contributed by atoms with van der Waals surface area (Å²) in [5.74, 6) is 1.16. The zero-order valence-corrected chi connectivity index (χ0v) is 15.3. The van der Waals surface area contributed by atoms with Crippen molar-refractivity contribution in [1.29, 1.82) is 0 Å². The van der Waals surface area contributed by atoms with Gasteiger partial charge < -0.3 is 9.47 Å². The third kappa shape index (κ3) is 4.78. The fraction of sp³-hybridized carbons (Fsp3) is 0.667. The molecule has 0 spiro atoms. The van der Waals surface area contributed by atoms with Crippen molar-refractivity contribution in [2.24, 2.45) is 5.92 Å². The second-order valence-electron chi connectivity index (χ2n) is 7.22. The number of nitrogens with zero attached hydrogens (tertiary/aromatic N) is 6. The van der Waals surface area contributed by atoms with Gasteiger partial charge >= 0.3 is 0 Å². The summed E-state index contributed by atoms with van der Waals surface area (Å²) in [6, 6.07) is 2.94. The number of aromatic nitrogens is 5. The van der Waals surface area contributed by atoms with Crippen molar-refractivity contribution in [3.05, 3.63) is 30.0 Å². The largest absolute Gasteiger partial charge is 0.472 e. The predicted molar refractivity (Wildman–Crippen MR) is 94.5 cm³/mol. The number of pyridine rings is 1. The lowest BCUT2D eigenvalue weighted by Gasteiger charge is -2.31. The van der Waals surface area contributed by atoms with E-state index in [0.29, 0.717) is 5.92 Å². The summed E-state index contributed by atoms with van der Waals surface area (Å²) in [6.07, 6.45) is 5.32. The monoisotopic (exact) mass is 376 g/mol. The van der Waals surface area contributed by atoms with E-state index in [9.17, 15) is 4.39 Å². The maximum atomic E-state index is 13.7. The van der Waals surface area contributed by atoms with Gasteiger partial charge in [0, 0.05) is 39.0 Å². The first kappa shape index (κ1) is 18.2. The quantitative estimate of drug-likeness (QED) is 0.759. The lowest BCUT2D eigenvalue weighted by Crippen LogP contribution is -2.38. The SMILES string of the molecule is Fc1cccnc1OC1CCN(Cc2nnnn2CC2CCOCC2)CC1. The number of hydrogen-bond donors (Lipinski definition) is 0. The first-order chi connectivity index (χ1) is 13.3. The van der Waals surface area contributed by atoms with Gasteiger partial charge in [-0.05, 0) is 54.2 Å². The Balaban J connectivity index is 1.27. The van der Waals surface area contributed by atoms with Crippen LogP contribution in [0.1, 0.15) is 31.5 Å². The molecule has 0 atom stereocenters. The molecule has 0 N–H and O–H groups in total. The molecule has 4 heterocycles. The molecule has 9 heteroatoms.